The highest BCUT2D eigenvalue weighted by Crippen LogP contribution is 2.39. The predicted molar refractivity (Wildman–Crippen MR) is 98.4 cm³/mol. The van der Waals surface area contributed by atoms with Crippen molar-refractivity contribution in [2.75, 3.05) is 7.05 Å². The van der Waals surface area contributed by atoms with Crippen molar-refractivity contribution in [1.82, 2.24) is 4.90 Å². The zero-order valence-corrected chi connectivity index (χ0v) is 15.1. The number of fused-ring (bicyclic) bond motifs is 2. The van der Waals surface area contributed by atoms with Crippen molar-refractivity contribution < 1.29 is 9.13 Å². The molecule has 2 saturated heterocycles. The first kappa shape index (κ1) is 17.0. The summed E-state index contributed by atoms with van der Waals surface area (Å²) in [6, 6.07) is 15.6. The maximum atomic E-state index is 13.4. The van der Waals surface area contributed by atoms with E-state index >= 15 is 0 Å². The molecule has 2 aliphatic heterocycles. The van der Waals surface area contributed by atoms with E-state index in [-0.39, 0.29) is 18.0 Å². The van der Waals surface area contributed by atoms with Gasteiger partial charge in [0.1, 0.15) is 11.9 Å². The summed E-state index contributed by atoms with van der Waals surface area (Å²) in [5.41, 5.74) is 1.99. The molecule has 4 atom stereocenters. The molecule has 2 heterocycles. The number of piperidine rings is 1. The molecule has 0 spiro atoms. The van der Waals surface area contributed by atoms with Crippen molar-refractivity contribution in [2.24, 2.45) is 0 Å². The van der Waals surface area contributed by atoms with E-state index in [2.05, 4.69) is 11.9 Å². The molecule has 0 amide bonds. The summed E-state index contributed by atoms with van der Waals surface area (Å²) in [5, 5.41) is 0.691. The fourth-order valence-corrected chi connectivity index (χ4v) is 4.52. The third-order valence-electron chi connectivity index (χ3n) is 5.71. The Morgan fingerprint density at radius 1 is 1.04 bits per heavy atom. The van der Waals surface area contributed by atoms with Crippen LogP contribution < -0.4 is 0 Å². The molecule has 132 valence electrons. The van der Waals surface area contributed by atoms with Crippen LogP contribution in [-0.4, -0.2) is 30.1 Å². The molecule has 0 N–H and O–H groups in total. The van der Waals surface area contributed by atoms with Crippen molar-refractivity contribution >= 4 is 11.6 Å². The molecule has 0 aliphatic carbocycles. The van der Waals surface area contributed by atoms with Gasteiger partial charge in [-0.25, -0.2) is 4.39 Å². The Balaban J connectivity index is 1.60. The highest BCUT2D eigenvalue weighted by molar-refractivity contribution is 6.30. The minimum absolute atomic E-state index is 0.216. The van der Waals surface area contributed by atoms with Gasteiger partial charge in [0, 0.05) is 17.1 Å². The third kappa shape index (κ3) is 3.59. The molecule has 2 bridgehead atoms. The van der Waals surface area contributed by atoms with Gasteiger partial charge in [0.25, 0.3) is 0 Å². The number of nitrogens with zero attached hydrogens (tertiary/aromatic N) is 1. The summed E-state index contributed by atoms with van der Waals surface area (Å²) in [6.07, 6.45) is 4.66. The largest absolute Gasteiger partial charge is 0.365 e. The van der Waals surface area contributed by atoms with Gasteiger partial charge >= 0.3 is 0 Å². The average Bonchev–Trinajstić information content (AvgIpc) is 2.82. The van der Waals surface area contributed by atoms with E-state index in [0.717, 1.165) is 24.0 Å². The number of halogens is 2. The number of hydrogen-bond acceptors (Lipinski definition) is 2. The van der Waals surface area contributed by atoms with E-state index in [1.165, 1.54) is 25.0 Å². The Hall–Kier alpha value is -1.42. The van der Waals surface area contributed by atoms with Gasteiger partial charge in [-0.05, 0) is 68.1 Å². The third-order valence-corrected chi connectivity index (χ3v) is 5.94. The maximum absolute atomic E-state index is 13.4. The molecule has 2 aromatic carbocycles. The lowest BCUT2D eigenvalue weighted by Gasteiger charge is -2.38. The summed E-state index contributed by atoms with van der Waals surface area (Å²) in [7, 11) is 2.23. The van der Waals surface area contributed by atoms with Crippen LogP contribution in [0.2, 0.25) is 5.02 Å². The Morgan fingerprint density at radius 3 is 2.36 bits per heavy atom. The second-order valence-electron chi connectivity index (χ2n) is 7.27. The summed E-state index contributed by atoms with van der Waals surface area (Å²) in [6.45, 7) is 0. The molecule has 4 heteroatoms. The fraction of sp³-hybridized carbons (Fsp3) is 0.429. The minimum atomic E-state index is -0.231. The van der Waals surface area contributed by atoms with Gasteiger partial charge in [-0.3, -0.25) is 0 Å². The lowest BCUT2D eigenvalue weighted by Crippen LogP contribution is -2.43. The molecule has 2 aliphatic rings. The Bertz CT molecular complexity index is 721. The van der Waals surface area contributed by atoms with Gasteiger partial charge in [0.05, 0.1) is 6.10 Å². The smallest absolute Gasteiger partial charge is 0.123 e. The highest BCUT2D eigenvalue weighted by Gasteiger charge is 2.39. The summed E-state index contributed by atoms with van der Waals surface area (Å²) in [5.74, 6) is -0.231. The Morgan fingerprint density at radius 2 is 1.72 bits per heavy atom. The molecule has 2 unspecified atom stereocenters. The van der Waals surface area contributed by atoms with Crippen LogP contribution in [0.25, 0.3) is 0 Å². The molecule has 0 radical (unpaired) electrons. The second-order valence-corrected chi connectivity index (χ2v) is 7.70. The van der Waals surface area contributed by atoms with Gasteiger partial charge in [-0.2, -0.15) is 0 Å². The van der Waals surface area contributed by atoms with E-state index in [4.69, 9.17) is 16.3 Å². The molecule has 4 rings (SSSR count). The Kier molecular flexibility index (Phi) is 4.81. The number of ether oxygens (including phenoxy) is 1. The van der Waals surface area contributed by atoms with Crippen molar-refractivity contribution in [3.8, 4) is 0 Å². The monoisotopic (exact) mass is 359 g/mol. The van der Waals surface area contributed by atoms with Crippen molar-refractivity contribution in [2.45, 2.75) is 50.0 Å². The quantitative estimate of drug-likeness (QED) is 0.743. The first-order valence-electron chi connectivity index (χ1n) is 8.98. The van der Waals surface area contributed by atoms with Crippen molar-refractivity contribution in [3.63, 3.8) is 0 Å². The molecule has 2 fully saturated rings. The van der Waals surface area contributed by atoms with Crippen LogP contribution in [0.5, 0.6) is 0 Å². The van der Waals surface area contributed by atoms with Crippen molar-refractivity contribution in [3.05, 3.63) is 70.5 Å². The average molecular weight is 360 g/mol. The number of hydrogen-bond donors (Lipinski definition) is 0. The standard InChI is InChI=1S/C21H23ClFNO/c1-24-18-9-10-19(24)13-20(12-18)25-21(14-5-7-17(23)8-6-14)15-3-2-4-16(22)11-15/h2-8,11,18-21H,9-10,12-13H2,1H3/t18-,19+,20?,21?. The SMILES string of the molecule is CN1[C@@H]2CC[C@H]1CC(OC(c1ccc(F)cc1)c1cccc(Cl)c1)C2. The van der Waals surface area contributed by atoms with E-state index in [0.29, 0.717) is 17.1 Å². The van der Waals surface area contributed by atoms with Crippen molar-refractivity contribution in [1.29, 1.82) is 0 Å². The number of rotatable bonds is 4. The van der Waals surface area contributed by atoms with E-state index in [1.807, 2.05) is 36.4 Å². The van der Waals surface area contributed by atoms with Crippen LogP contribution in [0, 0.1) is 5.82 Å². The lowest BCUT2D eigenvalue weighted by molar-refractivity contribution is -0.0426. The van der Waals surface area contributed by atoms with Gasteiger partial charge in [-0.15, -0.1) is 0 Å². The van der Waals surface area contributed by atoms with Gasteiger partial charge in [0.15, 0.2) is 0 Å². The lowest BCUT2D eigenvalue weighted by atomic mass is 9.97. The molecular formula is C21H23ClFNO. The molecule has 2 nitrogen and oxygen atoms in total. The normalized spacial score (nSPS) is 27.4. The topological polar surface area (TPSA) is 12.5 Å². The fourth-order valence-electron chi connectivity index (χ4n) is 4.32. The second kappa shape index (κ2) is 7.06. The van der Waals surface area contributed by atoms with Gasteiger partial charge in [0.2, 0.25) is 0 Å². The maximum Gasteiger partial charge on any atom is 0.123 e. The van der Waals surface area contributed by atoms with E-state index in [9.17, 15) is 4.39 Å². The zero-order valence-electron chi connectivity index (χ0n) is 14.4. The molecule has 25 heavy (non-hydrogen) atoms. The molecule has 0 saturated carbocycles. The molecular weight excluding hydrogens is 337 g/mol. The minimum Gasteiger partial charge on any atom is -0.365 e. The first-order valence-corrected chi connectivity index (χ1v) is 9.36. The van der Waals surface area contributed by atoms with Crippen LogP contribution in [0.15, 0.2) is 48.5 Å². The summed E-state index contributed by atoms with van der Waals surface area (Å²) >= 11 is 6.20. The first-order chi connectivity index (χ1) is 12.1. The Labute approximate surface area is 153 Å². The molecule has 2 aromatic rings. The summed E-state index contributed by atoms with van der Waals surface area (Å²) in [4.78, 5) is 2.51. The van der Waals surface area contributed by atoms with Gasteiger partial charge < -0.3 is 9.64 Å². The van der Waals surface area contributed by atoms with Crippen LogP contribution in [0.3, 0.4) is 0 Å². The van der Waals surface area contributed by atoms with Crippen LogP contribution in [0.4, 0.5) is 4.39 Å². The summed E-state index contributed by atoms with van der Waals surface area (Å²) < 4.78 is 19.9. The molecule has 0 aromatic heterocycles. The number of benzene rings is 2. The predicted octanol–water partition coefficient (Wildman–Crippen LogP) is 5.21. The highest BCUT2D eigenvalue weighted by atomic mass is 35.5. The van der Waals surface area contributed by atoms with E-state index in [1.54, 1.807) is 0 Å². The van der Waals surface area contributed by atoms with E-state index < -0.39 is 0 Å². The van der Waals surface area contributed by atoms with Crippen LogP contribution >= 0.6 is 11.6 Å². The zero-order chi connectivity index (χ0) is 17.4. The van der Waals surface area contributed by atoms with Crippen LogP contribution in [-0.2, 0) is 4.74 Å². The van der Waals surface area contributed by atoms with Gasteiger partial charge in [-0.1, -0.05) is 35.9 Å². The van der Waals surface area contributed by atoms with Crippen LogP contribution in [0.1, 0.15) is 42.9 Å².